The first-order chi connectivity index (χ1) is 9.77. The molecule has 0 aliphatic carbocycles. The summed E-state index contributed by atoms with van der Waals surface area (Å²) in [6.07, 6.45) is 5.06. The summed E-state index contributed by atoms with van der Waals surface area (Å²) >= 11 is 0. The number of nitrogens with zero attached hydrogens (tertiary/aromatic N) is 1. The van der Waals surface area contributed by atoms with E-state index in [-0.39, 0.29) is 18.4 Å². The smallest absolute Gasteiger partial charge is 0.179 e. The molecule has 0 radical (unpaired) electrons. The standard InChI is InChI=1S/C17H25NO2/c1-2-16(17(20)14-8-4-3-5-9-14)18-12-7-6-10-15(18)11-13-19/h3-5,8-9,15-16,19H,2,6-7,10-13H2,1H3. The van der Waals surface area contributed by atoms with E-state index in [1.807, 2.05) is 30.3 Å². The summed E-state index contributed by atoms with van der Waals surface area (Å²) in [4.78, 5) is 15.0. The van der Waals surface area contributed by atoms with Crippen LogP contribution in [0.5, 0.6) is 0 Å². The van der Waals surface area contributed by atoms with Gasteiger partial charge in [-0.2, -0.15) is 0 Å². The molecule has 3 nitrogen and oxygen atoms in total. The summed E-state index contributed by atoms with van der Waals surface area (Å²) in [7, 11) is 0. The molecular weight excluding hydrogens is 250 g/mol. The molecule has 0 spiro atoms. The third-order valence-electron chi connectivity index (χ3n) is 4.28. The molecule has 0 saturated carbocycles. The fourth-order valence-corrected chi connectivity index (χ4v) is 3.26. The molecule has 2 rings (SSSR count). The zero-order valence-corrected chi connectivity index (χ0v) is 12.3. The second-order valence-electron chi connectivity index (χ2n) is 5.55. The number of aliphatic hydroxyl groups excluding tert-OH is 1. The lowest BCUT2D eigenvalue weighted by molar-refractivity contribution is 0.0550. The number of carbonyl (C=O) groups excluding carboxylic acids is 1. The minimum Gasteiger partial charge on any atom is -0.396 e. The van der Waals surface area contributed by atoms with E-state index in [9.17, 15) is 9.90 Å². The van der Waals surface area contributed by atoms with Crippen LogP contribution in [0, 0.1) is 0 Å². The quantitative estimate of drug-likeness (QED) is 0.812. The maximum atomic E-state index is 12.7. The predicted octanol–water partition coefficient (Wildman–Crippen LogP) is 2.88. The third kappa shape index (κ3) is 3.47. The zero-order valence-electron chi connectivity index (χ0n) is 12.3. The van der Waals surface area contributed by atoms with Gasteiger partial charge in [-0.3, -0.25) is 9.69 Å². The number of benzene rings is 1. The van der Waals surface area contributed by atoms with Crippen LogP contribution in [-0.4, -0.2) is 41.0 Å². The molecule has 0 bridgehead atoms. The van der Waals surface area contributed by atoms with Crippen molar-refractivity contribution in [1.82, 2.24) is 4.90 Å². The van der Waals surface area contributed by atoms with Crippen molar-refractivity contribution in [2.45, 2.75) is 51.1 Å². The Hall–Kier alpha value is -1.19. The van der Waals surface area contributed by atoms with E-state index in [4.69, 9.17) is 0 Å². The number of hydrogen-bond acceptors (Lipinski definition) is 3. The van der Waals surface area contributed by atoms with Crippen molar-refractivity contribution in [3.8, 4) is 0 Å². The second kappa shape index (κ2) is 7.55. The van der Waals surface area contributed by atoms with Gasteiger partial charge in [-0.05, 0) is 32.2 Å². The molecule has 20 heavy (non-hydrogen) atoms. The van der Waals surface area contributed by atoms with Gasteiger partial charge in [0.15, 0.2) is 5.78 Å². The lowest BCUT2D eigenvalue weighted by Gasteiger charge is -2.40. The highest BCUT2D eigenvalue weighted by atomic mass is 16.3. The van der Waals surface area contributed by atoms with Crippen LogP contribution >= 0.6 is 0 Å². The Morgan fingerprint density at radius 3 is 2.75 bits per heavy atom. The first-order valence-corrected chi connectivity index (χ1v) is 7.73. The lowest BCUT2D eigenvalue weighted by atomic mass is 9.93. The fraction of sp³-hybridized carbons (Fsp3) is 0.588. The molecule has 1 saturated heterocycles. The minimum atomic E-state index is -0.0470. The molecule has 3 heteroatoms. The number of hydrogen-bond donors (Lipinski definition) is 1. The third-order valence-corrected chi connectivity index (χ3v) is 4.28. The average Bonchev–Trinajstić information content (AvgIpc) is 2.51. The molecule has 1 aliphatic heterocycles. The molecule has 1 heterocycles. The van der Waals surface area contributed by atoms with Gasteiger partial charge in [0.2, 0.25) is 0 Å². The summed E-state index contributed by atoms with van der Waals surface area (Å²) < 4.78 is 0. The lowest BCUT2D eigenvalue weighted by Crippen LogP contribution is -2.49. The molecule has 0 aromatic heterocycles. The van der Waals surface area contributed by atoms with Crippen LogP contribution in [0.15, 0.2) is 30.3 Å². The van der Waals surface area contributed by atoms with Crippen LogP contribution in [0.1, 0.15) is 49.4 Å². The second-order valence-corrected chi connectivity index (χ2v) is 5.55. The monoisotopic (exact) mass is 275 g/mol. The number of Topliss-reactive ketones (excluding diaryl/α,β-unsaturated/α-hetero) is 1. The molecule has 2 unspecified atom stereocenters. The highest BCUT2D eigenvalue weighted by molar-refractivity contribution is 6.00. The molecule has 0 amide bonds. The molecule has 1 N–H and O–H groups in total. The van der Waals surface area contributed by atoms with Gasteiger partial charge >= 0.3 is 0 Å². The van der Waals surface area contributed by atoms with Gasteiger partial charge in [0.05, 0.1) is 6.04 Å². The van der Waals surface area contributed by atoms with E-state index in [1.165, 1.54) is 6.42 Å². The highest BCUT2D eigenvalue weighted by Gasteiger charge is 2.32. The van der Waals surface area contributed by atoms with E-state index in [0.29, 0.717) is 6.04 Å². The van der Waals surface area contributed by atoms with Gasteiger partial charge < -0.3 is 5.11 Å². The number of piperidine rings is 1. The van der Waals surface area contributed by atoms with Crippen molar-refractivity contribution >= 4 is 5.78 Å². The van der Waals surface area contributed by atoms with Gasteiger partial charge in [0, 0.05) is 18.2 Å². The Kier molecular flexibility index (Phi) is 5.74. The Morgan fingerprint density at radius 2 is 2.10 bits per heavy atom. The van der Waals surface area contributed by atoms with Gasteiger partial charge in [-0.1, -0.05) is 43.7 Å². The molecule has 110 valence electrons. The van der Waals surface area contributed by atoms with Crippen molar-refractivity contribution in [2.24, 2.45) is 0 Å². The summed E-state index contributed by atoms with van der Waals surface area (Å²) in [5.74, 6) is 0.220. The SMILES string of the molecule is CCC(C(=O)c1ccccc1)N1CCCCC1CCO. The number of aliphatic hydroxyl groups is 1. The summed E-state index contributed by atoms with van der Waals surface area (Å²) in [6.45, 7) is 3.26. The molecule has 1 aromatic carbocycles. The predicted molar refractivity (Wildman–Crippen MR) is 80.9 cm³/mol. The van der Waals surface area contributed by atoms with E-state index in [0.717, 1.165) is 37.8 Å². The molecular formula is C17H25NO2. The van der Waals surface area contributed by atoms with E-state index in [2.05, 4.69) is 11.8 Å². The Labute approximate surface area is 121 Å². The van der Waals surface area contributed by atoms with Gasteiger partial charge in [0.1, 0.15) is 0 Å². The van der Waals surface area contributed by atoms with Crippen molar-refractivity contribution < 1.29 is 9.90 Å². The molecule has 1 aliphatic rings. The van der Waals surface area contributed by atoms with Crippen LogP contribution in [0.3, 0.4) is 0 Å². The van der Waals surface area contributed by atoms with E-state index in [1.54, 1.807) is 0 Å². The maximum Gasteiger partial charge on any atom is 0.179 e. The van der Waals surface area contributed by atoms with Gasteiger partial charge in [-0.15, -0.1) is 0 Å². The van der Waals surface area contributed by atoms with E-state index >= 15 is 0 Å². The topological polar surface area (TPSA) is 40.5 Å². The number of carbonyl (C=O) groups is 1. The Balaban J connectivity index is 2.15. The maximum absolute atomic E-state index is 12.7. The molecule has 1 aromatic rings. The van der Waals surface area contributed by atoms with E-state index < -0.39 is 0 Å². The van der Waals surface area contributed by atoms with Crippen molar-refractivity contribution in [1.29, 1.82) is 0 Å². The summed E-state index contributed by atoms with van der Waals surface area (Å²) in [5.41, 5.74) is 0.799. The number of likely N-dealkylation sites (tertiary alicyclic amines) is 1. The van der Waals surface area contributed by atoms with Crippen LogP contribution in [-0.2, 0) is 0 Å². The Bertz CT molecular complexity index is 416. The minimum absolute atomic E-state index is 0.0470. The number of ketones is 1. The van der Waals surface area contributed by atoms with Gasteiger partial charge in [-0.25, -0.2) is 0 Å². The van der Waals surface area contributed by atoms with Crippen molar-refractivity contribution in [2.75, 3.05) is 13.2 Å². The number of rotatable bonds is 6. The summed E-state index contributed by atoms with van der Waals surface area (Å²) in [5, 5.41) is 9.23. The fourth-order valence-electron chi connectivity index (χ4n) is 3.26. The van der Waals surface area contributed by atoms with Gasteiger partial charge in [0.25, 0.3) is 0 Å². The normalized spacial score (nSPS) is 21.6. The molecule has 1 fully saturated rings. The van der Waals surface area contributed by atoms with Crippen molar-refractivity contribution in [3.05, 3.63) is 35.9 Å². The Morgan fingerprint density at radius 1 is 1.35 bits per heavy atom. The zero-order chi connectivity index (χ0) is 14.4. The van der Waals surface area contributed by atoms with Crippen LogP contribution in [0.2, 0.25) is 0 Å². The first kappa shape index (κ1) is 15.2. The van der Waals surface area contributed by atoms with Crippen molar-refractivity contribution in [3.63, 3.8) is 0 Å². The molecule has 2 atom stereocenters. The van der Waals surface area contributed by atoms with Crippen LogP contribution in [0.25, 0.3) is 0 Å². The van der Waals surface area contributed by atoms with Crippen LogP contribution < -0.4 is 0 Å². The van der Waals surface area contributed by atoms with Crippen LogP contribution in [0.4, 0.5) is 0 Å². The first-order valence-electron chi connectivity index (χ1n) is 7.73. The largest absolute Gasteiger partial charge is 0.396 e. The summed E-state index contributed by atoms with van der Waals surface area (Å²) in [6, 6.07) is 9.88. The highest BCUT2D eigenvalue weighted by Crippen LogP contribution is 2.25. The average molecular weight is 275 g/mol.